The third-order valence-corrected chi connectivity index (χ3v) is 3.66. The van der Waals surface area contributed by atoms with E-state index in [-0.39, 0.29) is 0 Å². The highest BCUT2D eigenvalue weighted by Crippen LogP contribution is 2.27. The molecule has 1 fully saturated rings. The highest BCUT2D eigenvalue weighted by molar-refractivity contribution is 4.81. The molecule has 1 heteroatoms. The van der Waals surface area contributed by atoms with Crippen LogP contribution in [0.5, 0.6) is 0 Å². The fourth-order valence-corrected chi connectivity index (χ4v) is 2.39. The van der Waals surface area contributed by atoms with Crippen LogP contribution in [0.3, 0.4) is 0 Å². The Morgan fingerprint density at radius 1 is 1.23 bits per heavy atom. The molecule has 1 heterocycles. The summed E-state index contributed by atoms with van der Waals surface area (Å²) >= 11 is 0. The fraction of sp³-hybridized carbons (Fsp3) is 1.00. The monoisotopic (exact) mass is 183 g/mol. The zero-order valence-electron chi connectivity index (χ0n) is 9.55. The lowest BCUT2D eigenvalue weighted by molar-refractivity contribution is 0.281. The molecule has 1 nitrogen and oxygen atoms in total. The molecule has 78 valence electrons. The quantitative estimate of drug-likeness (QED) is 0.591. The highest BCUT2D eigenvalue weighted by atomic mass is 15.1. The maximum atomic E-state index is 2.50. The van der Waals surface area contributed by atoms with Gasteiger partial charge in [-0.1, -0.05) is 32.6 Å². The maximum Gasteiger partial charge on any atom is 0.00926 e. The van der Waals surface area contributed by atoms with Gasteiger partial charge < -0.3 is 4.90 Å². The largest absolute Gasteiger partial charge is 0.303 e. The second kappa shape index (κ2) is 5.64. The molecule has 0 aromatic heterocycles. The number of hydrogen-bond acceptors (Lipinski definition) is 1. The van der Waals surface area contributed by atoms with Gasteiger partial charge in [0.05, 0.1) is 0 Å². The number of likely N-dealkylation sites (tertiary alicyclic amines) is 1. The van der Waals surface area contributed by atoms with Crippen LogP contribution < -0.4 is 0 Å². The lowest BCUT2D eigenvalue weighted by Gasteiger charge is -2.20. The molecule has 0 N–H and O–H groups in total. The Labute approximate surface area is 83.5 Å². The normalized spacial score (nSPS) is 29.8. The van der Waals surface area contributed by atoms with E-state index in [1.165, 1.54) is 45.1 Å². The first kappa shape index (κ1) is 11.0. The zero-order chi connectivity index (χ0) is 9.68. The minimum atomic E-state index is 0.835. The molecule has 0 aromatic rings. The number of rotatable bonds is 5. The Balaban J connectivity index is 2.08. The molecule has 0 aromatic carbocycles. The molecule has 1 aliphatic rings. The molecule has 0 amide bonds. The van der Waals surface area contributed by atoms with E-state index in [0.717, 1.165) is 12.0 Å². The van der Waals surface area contributed by atoms with Crippen molar-refractivity contribution in [3.05, 3.63) is 0 Å². The standard InChI is InChI=1S/C12H25N/c1-4-5-6-7-8-12-9-10-13(3)11(12)2/h11-12H,4-10H2,1-3H3/t11-,12-/m0/s1. The molecule has 0 bridgehead atoms. The number of unbranched alkanes of at least 4 members (excludes halogenated alkanes) is 3. The molecule has 0 radical (unpaired) electrons. The lowest BCUT2D eigenvalue weighted by atomic mass is 9.95. The maximum absolute atomic E-state index is 2.50. The molecule has 13 heavy (non-hydrogen) atoms. The highest BCUT2D eigenvalue weighted by Gasteiger charge is 2.26. The van der Waals surface area contributed by atoms with Crippen LogP contribution in [-0.4, -0.2) is 24.5 Å². The Bertz CT molecular complexity index is 133. The van der Waals surface area contributed by atoms with Crippen LogP contribution in [0.15, 0.2) is 0 Å². The van der Waals surface area contributed by atoms with E-state index < -0.39 is 0 Å². The predicted octanol–water partition coefficient (Wildman–Crippen LogP) is 3.30. The van der Waals surface area contributed by atoms with Gasteiger partial charge in [-0.2, -0.15) is 0 Å². The van der Waals surface area contributed by atoms with E-state index in [4.69, 9.17) is 0 Å². The molecule has 0 unspecified atom stereocenters. The number of hydrogen-bond donors (Lipinski definition) is 0. The minimum absolute atomic E-state index is 0.835. The summed E-state index contributed by atoms with van der Waals surface area (Å²) in [6.07, 6.45) is 8.59. The van der Waals surface area contributed by atoms with E-state index in [1.54, 1.807) is 0 Å². The van der Waals surface area contributed by atoms with Crippen molar-refractivity contribution in [1.82, 2.24) is 4.90 Å². The van der Waals surface area contributed by atoms with Crippen molar-refractivity contribution >= 4 is 0 Å². The second-order valence-electron chi connectivity index (χ2n) is 4.62. The summed E-state index contributed by atoms with van der Waals surface area (Å²) in [6, 6.07) is 0.835. The van der Waals surface area contributed by atoms with Gasteiger partial charge in [0.1, 0.15) is 0 Å². The molecular formula is C12H25N. The topological polar surface area (TPSA) is 3.24 Å². The summed E-state index contributed by atoms with van der Waals surface area (Å²) in [4.78, 5) is 2.50. The van der Waals surface area contributed by atoms with E-state index in [1.807, 2.05) is 0 Å². The van der Waals surface area contributed by atoms with E-state index in [0.29, 0.717) is 0 Å². The molecule has 0 aliphatic carbocycles. The van der Waals surface area contributed by atoms with Crippen LogP contribution in [0.25, 0.3) is 0 Å². The SMILES string of the molecule is CCCCCC[C@H]1CCN(C)[C@H]1C. The van der Waals surface area contributed by atoms with E-state index in [2.05, 4.69) is 25.8 Å². The molecule has 1 saturated heterocycles. The molecule has 1 aliphatic heterocycles. The summed E-state index contributed by atoms with van der Waals surface area (Å²) in [5.41, 5.74) is 0. The Morgan fingerprint density at radius 2 is 2.00 bits per heavy atom. The molecule has 0 saturated carbocycles. The van der Waals surface area contributed by atoms with Crippen LogP contribution in [0.4, 0.5) is 0 Å². The van der Waals surface area contributed by atoms with Crippen LogP contribution >= 0.6 is 0 Å². The molecule has 1 rings (SSSR count). The van der Waals surface area contributed by atoms with E-state index in [9.17, 15) is 0 Å². The van der Waals surface area contributed by atoms with Gasteiger partial charge in [-0.15, -0.1) is 0 Å². The average Bonchev–Trinajstić information content (AvgIpc) is 2.43. The third kappa shape index (κ3) is 3.30. The van der Waals surface area contributed by atoms with Crippen molar-refractivity contribution in [3.8, 4) is 0 Å². The van der Waals surface area contributed by atoms with Crippen LogP contribution in [0.2, 0.25) is 0 Å². The minimum Gasteiger partial charge on any atom is -0.303 e. The van der Waals surface area contributed by atoms with Crippen molar-refractivity contribution < 1.29 is 0 Å². The number of nitrogens with zero attached hydrogens (tertiary/aromatic N) is 1. The summed E-state index contributed by atoms with van der Waals surface area (Å²) in [6.45, 7) is 5.99. The van der Waals surface area contributed by atoms with Gasteiger partial charge in [0, 0.05) is 6.04 Å². The predicted molar refractivity (Wildman–Crippen MR) is 59.0 cm³/mol. The Hall–Kier alpha value is -0.0400. The van der Waals surface area contributed by atoms with Gasteiger partial charge in [-0.25, -0.2) is 0 Å². The van der Waals surface area contributed by atoms with Crippen molar-refractivity contribution in [2.24, 2.45) is 5.92 Å². The van der Waals surface area contributed by atoms with Gasteiger partial charge in [0.15, 0.2) is 0 Å². The summed E-state index contributed by atoms with van der Waals surface area (Å²) < 4.78 is 0. The Kier molecular flexibility index (Phi) is 4.79. The summed E-state index contributed by atoms with van der Waals surface area (Å²) in [7, 11) is 2.26. The molecular weight excluding hydrogens is 158 g/mol. The fourth-order valence-electron chi connectivity index (χ4n) is 2.39. The van der Waals surface area contributed by atoms with Gasteiger partial charge in [-0.3, -0.25) is 0 Å². The van der Waals surface area contributed by atoms with Gasteiger partial charge in [0.25, 0.3) is 0 Å². The lowest BCUT2D eigenvalue weighted by Crippen LogP contribution is -2.25. The molecule has 2 atom stereocenters. The Morgan fingerprint density at radius 3 is 2.54 bits per heavy atom. The zero-order valence-corrected chi connectivity index (χ0v) is 9.55. The van der Waals surface area contributed by atoms with Gasteiger partial charge in [0.2, 0.25) is 0 Å². The second-order valence-corrected chi connectivity index (χ2v) is 4.62. The van der Waals surface area contributed by atoms with Crippen LogP contribution in [-0.2, 0) is 0 Å². The first-order valence-corrected chi connectivity index (χ1v) is 5.96. The molecule has 0 spiro atoms. The van der Waals surface area contributed by atoms with Gasteiger partial charge in [-0.05, 0) is 39.3 Å². The van der Waals surface area contributed by atoms with Crippen molar-refractivity contribution in [2.75, 3.05) is 13.6 Å². The van der Waals surface area contributed by atoms with Crippen molar-refractivity contribution in [3.63, 3.8) is 0 Å². The van der Waals surface area contributed by atoms with Crippen molar-refractivity contribution in [1.29, 1.82) is 0 Å². The smallest absolute Gasteiger partial charge is 0.00926 e. The van der Waals surface area contributed by atoms with Crippen LogP contribution in [0.1, 0.15) is 52.4 Å². The van der Waals surface area contributed by atoms with E-state index >= 15 is 0 Å². The van der Waals surface area contributed by atoms with Gasteiger partial charge >= 0.3 is 0 Å². The first-order chi connectivity index (χ1) is 6.25. The average molecular weight is 183 g/mol. The van der Waals surface area contributed by atoms with Crippen LogP contribution in [0, 0.1) is 5.92 Å². The summed E-state index contributed by atoms with van der Waals surface area (Å²) in [5.74, 6) is 0.988. The first-order valence-electron chi connectivity index (χ1n) is 5.96. The van der Waals surface area contributed by atoms with Crippen molar-refractivity contribution in [2.45, 2.75) is 58.4 Å². The third-order valence-electron chi connectivity index (χ3n) is 3.66. The summed E-state index contributed by atoms with van der Waals surface area (Å²) in [5, 5.41) is 0.